The molecule has 0 aromatic heterocycles. The number of aliphatic carboxylic acids is 1. The average Bonchev–Trinajstić information content (AvgIpc) is 2.30. The van der Waals surface area contributed by atoms with Crippen LogP contribution in [-0.2, 0) is 9.59 Å². The monoisotopic (exact) mass is 270 g/mol. The molecule has 1 amide bonds. The molecule has 0 saturated heterocycles. The third-order valence-electron chi connectivity index (χ3n) is 3.04. The van der Waals surface area contributed by atoms with E-state index in [2.05, 4.69) is 5.32 Å². The zero-order valence-corrected chi connectivity index (χ0v) is 10.3. The van der Waals surface area contributed by atoms with Crippen LogP contribution >= 0.6 is 0 Å². The maximum Gasteiger partial charge on any atom is 0.329 e. The quantitative estimate of drug-likeness (QED) is 0.856. The third kappa shape index (κ3) is 2.00. The molecule has 1 aromatic carbocycles. The summed E-state index contributed by atoms with van der Waals surface area (Å²) in [5.74, 6) is -3.96. The summed E-state index contributed by atoms with van der Waals surface area (Å²) in [6.45, 7) is 2.47. The Kier molecular flexibility index (Phi) is 2.92. The predicted octanol–water partition coefficient (Wildman–Crippen LogP) is 1.59. The minimum atomic E-state index is -1.56. The second-order valence-corrected chi connectivity index (χ2v) is 4.73. The van der Waals surface area contributed by atoms with Gasteiger partial charge in [0.2, 0.25) is 5.91 Å². The molecule has 0 radical (unpaired) electrons. The summed E-state index contributed by atoms with van der Waals surface area (Å²) >= 11 is 0. The normalized spacial score (nSPS) is 14.9. The van der Waals surface area contributed by atoms with Crippen LogP contribution in [0.1, 0.15) is 13.8 Å². The molecule has 2 rings (SSSR count). The van der Waals surface area contributed by atoms with Gasteiger partial charge in [-0.1, -0.05) is 0 Å². The molecule has 7 heteroatoms. The zero-order chi connectivity index (χ0) is 14.4. The Morgan fingerprint density at radius 3 is 2.53 bits per heavy atom. The van der Waals surface area contributed by atoms with Crippen LogP contribution in [0.15, 0.2) is 12.1 Å². The predicted molar refractivity (Wildman–Crippen MR) is 64.0 cm³/mol. The summed E-state index contributed by atoms with van der Waals surface area (Å²) in [6, 6.07) is 1.72. The van der Waals surface area contributed by atoms with Gasteiger partial charge in [-0.3, -0.25) is 9.69 Å². The van der Waals surface area contributed by atoms with Gasteiger partial charge in [-0.15, -0.1) is 0 Å². The SMILES string of the molecule is CC(C)(C(=O)O)N1C(=O)CNc2cc(F)c(F)cc21. The molecular formula is C12H12F2N2O3. The van der Waals surface area contributed by atoms with Gasteiger partial charge in [0.1, 0.15) is 5.54 Å². The standard InChI is InChI=1S/C12H12F2N2O3/c1-12(2,11(18)19)16-9-4-7(14)6(13)3-8(9)15-5-10(16)17/h3-4,15H,5H2,1-2H3,(H,18,19). The van der Waals surface area contributed by atoms with Crippen molar-refractivity contribution in [3.05, 3.63) is 23.8 Å². The van der Waals surface area contributed by atoms with Gasteiger partial charge in [-0.2, -0.15) is 0 Å². The van der Waals surface area contributed by atoms with Crippen LogP contribution in [0.5, 0.6) is 0 Å². The largest absolute Gasteiger partial charge is 0.480 e. The van der Waals surface area contributed by atoms with E-state index in [1.54, 1.807) is 0 Å². The lowest BCUT2D eigenvalue weighted by molar-refractivity contribution is -0.143. The maximum atomic E-state index is 13.3. The van der Waals surface area contributed by atoms with E-state index < -0.39 is 29.0 Å². The van der Waals surface area contributed by atoms with Crippen molar-refractivity contribution in [3.63, 3.8) is 0 Å². The topological polar surface area (TPSA) is 69.6 Å². The minimum Gasteiger partial charge on any atom is -0.480 e. The van der Waals surface area contributed by atoms with Crippen LogP contribution in [0, 0.1) is 11.6 Å². The highest BCUT2D eigenvalue weighted by atomic mass is 19.2. The van der Waals surface area contributed by atoms with Crippen molar-refractivity contribution in [2.45, 2.75) is 19.4 Å². The van der Waals surface area contributed by atoms with E-state index in [0.29, 0.717) is 0 Å². The molecule has 0 saturated carbocycles. The first-order valence-corrected chi connectivity index (χ1v) is 5.54. The molecule has 2 N–H and O–H groups in total. The lowest BCUT2D eigenvalue weighted by Gasteiger charge is -2.39. The molecule has 0 atom stereocenters. The van der Waals surface area contributed by atoms with Gasteiger partial charge >= 0.3 is 5.97 Å². The summed E-state index contributed by atoms with van der Waals surface area (Å²) in [5.41, 5.74) is -1.35. The number of carbonyl (C=O) groups excluding carboxylic acids is 1. The van der Waals surface area contributed by atoms with Gasteiger partial charge in [0.15, 0.2) is 11.6 Å². The number of nitrogens with zero attached hydrogens (tertiary/aromatic N) is 1. The molecule has 0 fully saturated rings. The van der Waals surface area contributed by atoms with Gasteiger partial charge in [0, 0.05) is 12.1 Å². The number of nitrogens with one attached hydrogen (secondary N) is 1. The second-order valence-electron chi connectivity index (χ2n) is 4.73. The van der Waals surface area contributed by atoms with E-state index in [0.717, 1.165) is 17.0 Å². The number of benzene rings is 1. The maximum absolute atomic E-state index is 13.3. The fourth-order valence-electron chi connectivity index (χ4n) is 1.96. The Morgan fingerprint density at radius 2 is 1.95 bits per heavy atom. The number of carboxylic acids is 1. The smallest absolute Gasteiger partial charge is 0.329 e. The Hall–Kier alpha value is -2.18. The Morgan fingerprint density at radius 1 is 1.37 bits per heavy atom. The van der Waals surface area contributed by atoms with Crippen LogP contribution < -0.4 is 10.2 Å². The lowest BCUT2D eigenvalue weighted by Crippen LogP contribution is -2.56. The van der Waals surface area contributed by atoms with Gasteiger partial charge in [-0.05, 0) is 13.8 Å². The minimum absolute atomic E-state index is 0.0163. The number of anilines is 2. The highest BCUT2D eigenvalue weighted by molar-refractivity contribution is 6.07. The van der Waals surface area contributed by atoms with Crippen LogP contribution in [0.25, 0.3) is 0 Å². The highest BCUT2D eigenvalue weighted by Gasteiger charge is 2.42. The summed E-state index contributed by atoms with van der Waals surface area (Å²) in [6.07, 6.45) is 0. The fraction of sp³-hybridized carbons (Fsp3) is 0.333. The van der Waals surface area contributed by atoms with Crippen molar-refractivity contribution in [1.82, 2.24) is 0 Å². The molecular weight excluding hydrogens is 258 g/mol. The molecule has 1 aromatic rings. The van der Waals surface area contributed by atoms with Crippen molar-refractivity contribution in [1.29, 1.82) is 0 Å². The van der Waals surface area contributed by atoms with E-state index >= 15 is 0 Å². The Labute approximate surface area is 107 Å². The number of fused-ring (bicyclic) bond motifs is 1. The van der Waals surface area contributed by atoms with Crippen LogP contribution in [0.4, 0.5) is 20.2 Å². The fourth-order valence-corrected chi connectivity index (χ4v) is 1.96. The Balaban J connectivity index is 2.61. The average molecular weight is 270 g/mol. The van der Waals surface area contributed by atoms with Crippen molar-refractivity contribution in [2.24, 2.45) is 0 Å². The van der Waals surface area contributed by atoms with Gasteiger partial charge in [0.25, 0.3) is 0 Å². The van der Waals surface area contributed by atoms with Crippen molar-refractivity contribution >= 4 is 23.3 Å². The molecule has 1 aliphatic rings. The molecule has 0 spiro atoms. The number of rotatable bonds is 2. The molecule has 0 aliphatic carbocycles. The van der Waals surface area contributed by atoms with Crippen LogP contribution in [-0.4, -0.2) is 29.1 Å². The number of amides is 1. The van der Waals surface area contributed by atoms with Crippen molar-refractivity contribution < 1.29 is 23.5 Å². The number of carboxylic acid groups (broad SMARTS) is 1. The van der Waals surface area contributed by atoms with Crippen molar-refractivity contribution in [2.75, 3.05) is 16.8 Å². The molecule has 0 bridgehead atoms. The molecule has 1 aliphatic heterocycles. The number of hydrogen-bond acceptors (Lipinski definition) is 3. The summed E-state index contributed by atoms with van der Waals surface area (Å²) in [4.78, 5) is 24.1. The molecule has 1 heterocycles. The summed E-state index contributed by atoms with van der Waals surface area (Å²) < 4.78 is 26.5. The second kappa shape index (κ2) is 4.18. The number of carbonyl (C=O) groups is 2. The highest BCUT2D eigenvalue weighted by Crippen LogP contribution is 2.36. The first kappa shape index (κ1) is 13.3. The zero-order valence-electron chi connectivity index (χ0n) is 10.3. The van der Waals surface area contributed by atoms with Crippen molar-refractivity contribution in [3.8, 4) is 0 Å². The van der Waals surface area contributed by atoms with Crippen LogP contribution in [0.2, 0.25) is 0 Å². The van der Waals surface area contributed by atoms with E-state index in [1.807, 2.05) is 0 Å². The molecule has 19 heavy (non-hydrogen) atoms. The molecule has 102 valence electrons. The lowest BCUT2D eigenvalue weighted by atomic mass is 9.99. The Bertz CT molecular complexity index is 572. The third-order valence-corrected chi connectivity index (χ3v) is 3.04. The first-order valence-electron chi connectivity index (χ1n) is 5.54. The molecule has 0 unspecified atom stereocenters. The first-order chi connectivity index (χ1) is 8.75. The number of halogens is 2. The summed E-state index contributed by atoms with van der Waals surface area (Å²) in [7, 11) is 0. The van der Waals surface area contributed by atoms with Crippen LogP contribution in [0.3, 0.4) is 0 Å². The summed E-state index contributed by atoms with van der Waals surface area (Å²) in [5, 5.41) is 11.8. The van der Waals surface area contributed by atoms with Gasteiger partial charge in [0.05, 0.1) is 17.9 Å². The van der Waals surface area contributed by atoms with E-state index in [9.17, 15) is 23.5 Å². The van der Waals surface area contributed by atoms with Gasteiger partial charge < -0.3 is 10.4 Å². The van der Waals surface area contributed by atoms with E-state index in [1.165, 1.54) is 13.8 Å². The van der Waals surface area contributed by atoms with E-state index in [-0.39, 0.29) is 17.9 Å². The molecule has 5 nitrogen and oxygen atoms in total. The van der Waals surface area contributed by atoms with Gasteiger partial charge in [-0.25, -0.2) is 13.6 Å². The van der Waals surface area contributed by atoms with E-state index in [4.69, 9.17) is 0 Å². The number of hydrogen-bond donors (Lipinski definition) is 2.